The third-order valence-corrected chi connectivity index (χ3v) is 4.09. The second kappa shape index (κ2) is 6.49. The molecule has 0 heterocycles. The fourth-order valence-corrected chi connectivity index (χ4v) is 2.11. The summed E-state index contributed by atoms with van der Waals surface area (Å²) in [6, 6.07) is 6.24. The van der Waals surface area contributed by atoms with E-state index in [1.165, 1.54) is 12.1 Å². The summed E-state index contributed by atoms with van der Waals surface area (Å²) in [5.41, 5.74) is 6.83. The Labute approximate surface area is 115 Å². The first kappa shape index (κ1) is 16.1. The van der Waals surface area contributed by atoms with E-state index in [-0.39, 0.29) is 17.2 Å². The highest BCUT2D eigenvalue weighted by molar-refractivity contribution is 5.22. The summed E-state index contributed by atoms with van der Waals surface area (Å²) in [4.78, 5) is 0. The van der Waals surface area contributed by atoms with E-state index in [0.717, 1.165) is 5.56 Å². The Hall–Kier alpha value is -0.930. The third-order valence-electron chi connectivity index (χ3n) is 4.09. The van der Waals surface area contributed by atoms with Crippen LogP contribution in [0.25, 0.3) is 0 Å². The maximum Gasteiger partial charge on any atom is 0.123 e. The van der Waals surface area contributed by atoms with Crippen LogP contribution in [0.3, 0.4) is 0 Å². The molecule has 3 heteroatoms. The van der Waals surface area contributed by atoms with Gasteiger partial charge in [0.2, 0.25) is 0 Å². The van der Waals surface area contributed by atoms with Gasteiger partial charge in [-0.3, -0.25) is 0 Å². The molecule has 0 aliphatic heterocycles. The molecule has 0 aliphatic carbocycles. The van der Waals surface area contributed by atoms with Gasteiger partial charge in [0.05, 0.1) is 6.10 Å². The molecule has 1 rings (SSSR count). The van der Waals surface area contributed by atoms with Crippen LogP contribution in [0.4, 0.5) is 4.39 Å². The Balaban J connectivity index is 2.77. The minimum Gasteiger partial charge on any atom is -0.392 e. The second-order valence-electron chi connectivity index (χ2n) is 6.46. The zero-order chi connectivity index (χ0) is 14.6. The fraction of sp³-hybridized carbons (Fsp3) is 0.625. The van der Waals surface area contributed by atoms with Crippen molar-refractivity contribution in [1.29, 1.82) is 0 Å². The minimum atomic E-state index is -0.496. The average molecular weight is 267 g/mol. The second-order valence-corrected chi connectivity index (χ2v) is 6.46. The summed E-state index contributed by atoms with van der Waals surface area (Å²) >= 11 is 0. The average Bonchev–Trinajstić information content (AvgIpc) is 2.31. The number of benzene rings is 1. The van der Waals surface area contributed by atoms with Crippen molar-refractivity contribution in [3.05, 3.63) is 35.6 Å². The van der Waals surface area contributed by atoms with Crippen molar-refractivity contribution in [2.24, 2.45) is 17.1 Å². The lowest BCUT2D eigenvalue weighted by Gasteiger charge is -2.31. The molecule has 1 aromatic carbocycles. The highest BCUT2D eigenvalue weighted by Crippen LogP contribution is 2.32. The molecule has 3 atom stereocenters. The molecule has 1 aromatic rings. The molecule has 0 aliphatic rings. The van der Waals surface area contributed by atoms with Crippen molar-refractivity contribution >= 4 is 0 Å². The maximum atomic E-state index is 12.9. The van der Waals surface area contributed by atoms with Crippen LogP contribution in [-0.2, 0) is 0 Å². The van der Waals surface area contributed by atoms with E-state index in [9.17, 15) is 9.50 Å². The lowest BCUT2D eigenvalue weighted by atomic mass is 9.76. The van der Waals surface area contributed by atoms with E-state index in [1.54, 1.807) is 12.1 Å². The van der Waals surface area contributed by atoms with Gasteiger partial charge in [-0.05, 0) is 35.4 Å². The predicted octanol–water partition coefficient (Wildman–Crippen LogP) is 3.30. The highest BCUT2D eigenvalue weighted by atomic mass is 19.1. The SMILES string of the molecule is CC(CC(O)C(CN)c1ccc(F)cc1)C(C)(C)C. The summed E-state index contributed by atoms with van der Waals surface area (Å²) < 4.78 is 12.9. The molecule has 3 N–H and O–H groups in total. The van der Waals surface area contributed by atoms with Crippen molar-refractivity contribution in [1.82, 2.24) is 0 Å². The zero-order valence-electron chi connectivity index (χ0n) is 12.4. The number of nitrogens with two attached hydrogens (primary N) is 1. The van der Waals surface area contributed by atoms with E-state index in [2.05, 4.69) is 27.7 Å². The van der Waals surface area contributed by atoms with E-state index >= 15 is 0 Å². The van der Waals surface area contributed by atoms with Crippen molar-refractivity contribution in [2.75, 3.05) is 6.54 Å². The Kier molecular flexibility index (Phi) is 5.50. The van der Waals surface area contributed by atoms with Gasteiger partial charge >= 0.3 is 0 Å². The highest BCUT2D eigenvalue weighted by Gasteiger charge is 2.27. The van der Waals surface area contributed by atoms with E-state index < -0.39 is 6.10 Å². The lowest BCUT2D eigenvalue weighted by Crippen LogP contribution is -2.30. The van der Waals surface area contributed by atoms with Gasteiger partial charge < -0.3 is 10.8 Å². The largest absolute Gasteiger partial charge is 0.392 e. The summed E-state index contributed by atoms with van der Waals surface area (Å²) in [6.45, 7) is 9.00. The van der Waals surface area contributed by atoms with Crippen LogP contribution < -0.4 is 5.73 Å². The quantitative estimate of drug-likeness (QED) is 0.860. The molecule has 0 aromatic heterocycles. The molecule has 19 heavy (non-hydrogen) atoms. The summed E-state index contributed by atoms with van der Waals surface area (Å²) in [5.74, 6) is -0.0144. The normalized spacial score (nSPS) is 17.0. The number of hydrogen-bond donors (Lipinski definition) is 2. The predicted molar refractivity (Wildman–Crippen MR) is 77.4 cm³/mol. The minimum absolute atomic E-state index is 0.134. The van der Waals surface area contributed by atoms with Crippen molar-refractivity contribution in [3.63, 3.8) is 0 Å². The van der Waals surface area contributed by atoms with Gasteiger partial charge in [0, 0.05) is 12.5 Å². The zero-order valence-corrected chi connectivity index (χ0v) is 12.4. The molecule has 108 valence electrons. The molecule has 0 spiro atoms. The molecule has 0 saturated carbocycles. The van der Waals surface area contributed by atoms with E-state index in [0.29, 0.717) is 18.9 Å². The number of aliphatic hydroxyl groups is 1. The number of aliphatic hydroxyl groups excluding tert-OH is 1. The number of halogens is 1. The van der Waals surface area contributed by atoms with Crippen LogP contribution in [0.2, 0.25) is 0 Å². The van der Waals surface area contributed by atoms with Gasteiger partial charge in [0.25, 0.3) is 0 Å². The topological polar surface area (TPSA) is 46.2 Å². The first-order valence-electron chi connectivity index (χ1n) is 6.89. The first-order valence-corrected chi connectivity index (χ1v) is 6.89. The van der Waals surface area contributed by atoms with E-state index in [1.807, 2.05) is 0 Å². The molecular formula is C16H26FNO. The van der Waals surface area contributed by atoms with Crippen LogP contribution >= 0.6 is 0 Å². The third kappa shape index (κ3) is 4.59. The fourth-order valence-electron chi connectivity index (χ4n) is 2.11. The number of hydrogen-bond acceptors (Lipinski definition) is 2. The molecule has 2 nitrogen and oxygen atoms in total. The Morgan fingerprint density at radius 2 is 1.74 bits per heavy atom. The van der Waals surface area contributed by atoms with Crippen molar-refractivity contribution in [2.45, 2.75) is 46.1 Å². The maximum absolute atomic E-state index is 12.9. The first-order chi connectivity index (χ1) is 8.75. The summed E-state index contributed by atoms with van der Waals surface area (Å²) in [7, 11) is 0. The Morgan fingerprint density at radius 3 is 2.16 bits per heavy atom. The molecule has 0 amide bonds. The van der Waals surface area contributed by atoms with Crippen molar-refractivity contribution < 1.29 is 9.50 Å². The Morgan fingerprint density at radius 1 is 1.21 bits per heavy atom. The van der Waals surface area contributed by atoms with Gasteiger partial charge in [-0.2, -0.15) is 0 Å². The van der Waals surface area contributed by atoms with Gasteiger partial charge in [0.15, 0.2) is 0 Å². The smallest absolute Gasteiger partial charge is 0.123 e. The van der Waals surface area contributed by atoms with Crippen LogP contribution in [0, 0.1) is 17.2 Å². The lowest BCUT2D eigenvalue weighted by molar-refractivity contribution is 0.0894. The van der Waals surface area contributed by atoms with Crippen LogP contribution in [0.1, 0.15) is 45.6 Å². The Bertz CT molecular complexity index is 383. The summed E-state index contributed by atoms with van der Waals surface area (Å²) in [5, 5.41) is 10.4. The van der Waals surface area contributed by atoms with Crippen molar-refractivity contribution in [3.8, 4) is 0 Å². The van der Waals surface area contributed by atoms with Crippen LogP contribution in [0.5, 0.6) is 0 Å². The van der Waals surface area contributed by atoms with Gasteiger partial charge in [-0.15, -0.1) is 0 Å². The van der Waals surface area contributed by atoms with Crippen LogP contribution in [-0.4, -0.2) is 17.8 Å². The molecule has 0 saturated heterocycles. The monoisotopic (exact) mass is 267 g/mol. The summed E-state index contributed by atoms with van der Waals surface area (Å²) in [6.07, 6.45) is 0.202. The number of rotatable bonds is 5. The van der Waals surface area contributed by atoms with E-state index in [4.69, 9.17) is 5.73 Å². The van der Waals surface area contributed by atoms with Crippen LogP contribution in [0.15, 0.2) is 24.3 Å². The molecular weight excluding hydrogens is 241 g/mol. The molecule has 0 fully saturated rings. The van der Waals surface area contributed by atoms with Gasteiger partial charge in [0.1, 0.15) is 5.82 Å². The van der Waals surface area contributed by atoms with Gasteiger partial charge in [-0.25, -0.2) is 4.39 Å². The molecule has 0 radical (unpaired) electrons. The molecule has 0 bridgehead atoms. The standard InChI is InChI=1S/C16H26FNO/c1-11(16(2,3)4)9-15(19)14(10-18)12-5-7-13(17)8-6-12/h5-8,11,14-15,19H,9-10,18H2,1-4H3. The van der Waals surface area contributed by atoms with Gasteiger partial charge in [-0.1, -0.05) is 39.8 Å². The molecule has 3 unspecified atom stereocenters.